The smallest absolute Gasteiger partial charge is 0.282 e. The van der Waals surface area contributed by atoms with Crippen LogP contribution in [0, 0.1) is 0 Å². The van der Waals surface area contributed by atoms with Gasteiger partial charge in [-0.1, -0.05) is 29.3 Å². The van der Waals surface area contributed by atoms with Crippen LogP contribution in [0.2, 0.25) is 10.0 Å². The van der Waals surface area contributed by atoms with E-state index in [0.29, 0.717) is 28.8 Å². The van der Waals surface area contributed by atoms with Crippen molar-refractivity contribution in [1.82, 2.24) is 4.90 Å². The number of amides is 2. The maximum absolute atomic E-state index is 12.4. The van der Waals surface area contributed by atoms with Crippen LogP contribution in [0.3, 0.4) is 0 Å². The number of hydrogen-bond acceptors (Lipinski definition) is 2. The van der Waals surface area contributed by atoms with Crippen molar-refractivity contribution in [2.75, 3.05) is 31.5 Å². The van der Waals surface area contributed by atoms with Gasteiger partial charge in [0, 0.05) is 6.92 Å². The van der Waals surface area contributed by atoms with Crippen molar-refractivity contribution in [1.29, 1.82) is 0 Å². The van der Waals surface area contributed by atoms with Crippen LogP contribution in [-0.2, 0) is 9.59 Å². The first-order chi connectivity index (χ1) is 10.4. The molecule has 1 aliphatic rings. The molecule has 2 amide bonds. The Morgan fingerprint density at radius 1 is 1.23 bits per heavy atom. The maximum Gasteiger partial charge on any atom is 0.282 e. The Kier molecular flexibility index (Phi) is 5.67. The number of nitrogens with zero attached hydrogens (tertiary/aromatic N) is 1. The Bertz CT molecular complexity index is 552. The minimum absolute atomic E-state index is 0.0824. The topological polar surface area (TPSA) is 53.9 Å². The molecule has 0 unspecified atom stereocenters. The lowest BCUT2D eigenvalue weighted by molar-refractivity contribution is -0.917. The van der Waals surface area contributed by atoms with Gasteiger partial charge in [0.2, 0.25) is 5.91 Å². The molecule has 120 valence electrons. The van der Waals surface area contributed by atoms with E-state index in [2.05, 4.69) is 5.32 Å². The summed E-state index contributed by atoms with van der Waals surface area (Å²) in [5.41, 5.74) is 0.449. The Labute approximate surface area is 140 Å². The molecule has 0 aromatic heterocycles. The zero-order valence-electron chi connectivity index (χ0n) is 12.7. The van der Waals surface area contributed by atoms with E-state index in [1.54, 1.807) is 30.0 Å². The molecule has 5 nitrogen and oxygen atoms in total. The van der Waals surface area contributed by atoms with E-state index in [9.17, 15) is 9.59 Å². The second-order valence-corrected chi connectivity index (χ2v) is 6.29. The molecule has 0 spiro atoms. The van der Waals surface area contributed by atoms with E-state index >= 15 is 0 Å². The van der Waals surface area contributed by atoms with Gasteiger partial charge in [-0.2, -0.15) is 0 Å². The number of rotatable bonds is 3. The highest BCUT2D eigenvalue weighted by Crippen LogP contribution is 2.29. The van der Waals surface area contributed by atoms with E-state index in [4.69, 9.17) is 23.2 Å². The summed E-state index contributed by atoms with van der Waals surface area (Å²) in [6.07, 6.45) is 0. The summed E-state index contributed by atoms with van der Waals surface area (Å²) in [6, 6.07) is 4.87. The average Bonchev–Trinajstić information content (AvgIpc) is 2.50. The molecule has 22 heavy (non-hydrogen) atoms. The Morgan fingerprint density at radius 3 is 2.27 bits per heavy atom. The molecule has 1 aromatic carbocycles. The molecule has 0 radical (unpaired) electrons. The third kappa shape index (κ3) is 3.91. The second-order valence-electron chi connectivity index (χ2n) is 5.47. The minimum Gasteiger partial charge on any atom is -0.332 e. The molecule has 1 heterocycles. The van der Waals surface area contributed by atoms with E-state index in [1.165, 1.54) is 0 Å². The van der Waals surface area contributed by atoms with Crippen molar-refractivity contribution in [2.24, 2.45) is 0 Å². The summed E-state index contributed by atoms with van der Waals surface area (Å²) >= 11 is 12.1. The molecular weight excluding hydrogens is 325 g/mol. The molecule has 7 heteroatoms. The minimum atomic E-state index is -0.235. The van der Waals surface area contributed by atoms with E-state index in [1.807, 2.05) is 6.92 Å². The summed E-state index contributed by atoms with van der Waals surface area (Å²) in [7, 11) is 0. The van der Waals surface area contributed by atoms with Gasteiger partial charge >= 0.3 is 0 Å². The number of benzene rings is 1. The van der Waals surface area contributed by atoms with Crippen molar-refractivity contribution >= 4 is 40.7 Å². The number of carbonyl (C=O) groups excluding carboxylic acids is 2. The summed E-state index contributed by atoms with van der Waals surface area (Å²) in [5, 5.41) is 3.65. The SMILES string of the molecule is CC(=O)N1CC[NH+]([C@H](C)C(=O)Nc2c(Cl)cccc2Cl)CC1. The molecule has 0 saturated carbocycles. The first-order valence-corrected chi connectivity index (χ1v) is 8.00. The molecular formula is C15H20Cl2N3O2+. The lowest BCUT2D eigenvalue weighted by atomic mass is 10.2. The Hall–Kier alpha value is -1.30. The monoisotopic (exact) mass is 344 g/mol. The van der Waals surface area contributed by atoms with Crippen LogP contribution in [0.5, 0.6) is 0 Å². The molecule has 1 atom stereocenters. The average molecular weight is 345 g/mol. The fourth-order valence-electron chi connectivity index (χ4n) is 2.58. The third-order valence-corrected chi connectivity index (χ3v) is 4.70. The number of halogens is 2. The van der Waals surface area contributed by atoms with Crippen molar-refractivity contribution in [3.63, 3.8) is 0 Å². The van der Waals surface area contributed by atoms with Gasteiger partial charge in [-0.15, -0.1) is 0 Å². The highest BCUT2D eigenvalue weighted by Gasteiger charge is 2.30. The predicted octanol–water partition coefficient (Wildman–Crippen LogP) is 1.07. The molecule has 0 bridgehead atoms. The highest BCUT2D eigenvalue weighted by molar-refractivity contribution is 6.39. The standard InChI is InChI=1S/C15H19Cl2N3O2/c1-10(19-6-8-20(9-7-19)11(2)21)15(22)18-14-12(16)4-3-5-13(14)17/h3-5,10H,6-9H2,1-2H3,(H,18,22)/p+1/t10-/m1/s1. The molecule has 1 aromatic rings. The van der Waals surface area contributed by atoms with Crippen LogP contribution < -0.4 is 10.2 Å². The summed E-state index contributed by atoms with van der Waals surface area (Å²) in [5.74, 6) is -0.0414. The summed E-state index contributed by atoms with van der Waals surface area (Å²) < 4.78 is 0. The number of anilines is 1. The number of nitrogens with one attached hydrogen (secondary N) is 2. The fraction of sp³-hybridized carbons (Fsp3) is 0.467. The lowest BCUT2D eigenvalue weighted by Gasteiger charge is -2.34. The zero-order chi connectivity index (χ0) is 16.3. The van der Waals surface area contributed by atoms with E-state index < -0.39 is 0 Å². The maximum atomic E-state index is 12.4. The van der Waals surface area contributed by atoms with Gasteiger partial charge in [0.25, 0.3) is 5.91 Å². The molecule has 1 fully saturated rings. The van der Waals surface area contributed by atoms with E-state index in [-0.39, 0.29) is 17.9 Å². The third-order valence-electron chi connectivity index (χ3n) is 4.07. The quantitative estimate of drug-likeness (QED) is 0.861. The van der Waals surface area contributed by atoms with Crippen molar-refractivity contribution in [3.05, 3.63) is 28.2 Å². The van der Waals surface area contributed by atoms with Gasteiger partial charge in [-0.3, -0.25) is 9.59 Å². The van der Waals surface area contributed by atoms with Gasteiger partial charge in [-0.05, 0) is 19.1 Å². The Balaban J connectivity index is 1.97. The first kappa shape index (κ1) is 17.1. The molecule has 2 rings (SSSR count). The highest BCUT2D eigenvalue weighted by atomic mass is 35.5. The van der Waals surface area contributed by atoms with Gasteiger partial charge in [0.1, 0.15) is 0 Å². The number of quaternary nitrogens is 1. The number of piperazine rings is 1. The normalized spacial score (nSPS) is 17.2. The largest absolute Gasteiger partial charge is 0.332 e. The van der Waals surface area contributed by atoms with E-state index in [0.717, 1.165) is 18.0 Å². The zero-order valence-corrected chi connectivity index (χ0v) is 14.2. The van der Waals surface area contributed by atoms with Crippen LogP contribution in [-0.4, -0.2) is 48.9 Å². The van der Waals surface area contributed by atoms with Crippen LogP contribution in [0.4, 0.5) is 5.69 Å². The molecule has 1 aliphatic heterocycles. The summed E-state index contributed by atoms with van der Waals surface area (Å²) in [4.78, 5) is 26.7. The van der Waals surface area contributed by atoms with Crippen LogP contribution in [0.25, 0.3) is 0 Å². The van der Waals surface area contributed by atoms with Crippen molar-refractivity contribution in [2.45, 2.75) is 19.9 Å². The van der Waals surface area contributed by atoms with Crippen molar-refractivity contribution in [3.8, 4) is 0 Å². The Morgan fingerprint density at radius 2 is 1.77 bits per heavy atom. The predicted molar refractivity (Wildman–Crippen MR) is 87.5 cm³/mol. The van der Waals surface area contributed by atoms with Gasteiger partial charge < -0.3 is 15.1 Å². The van der Waals surface area contributed by atoms with Crippen LogP contribution in [0.1, 0.15) is 13.8 Å². The van der Waals surface area contributed by atoms with Crippen LogP contribution in [0.15, 0.2) is 18.2 Å². The number of hydrogen-bond donors (Lipinski definition) is 2. The van der Waals surface area contributed by atoms with Crippen LogP contribution >= 0.6 is 23.2 Å². The lowest BCUT2D eigenvalue weighted by Crippen LogP contribution is -3.19. The second kappa shape index (κ2) is 7.31. The molecule has 1 saturated heterocycles. The van der Waals surface area contributed by atoms with Gasteiger partial charge in [0.15, 0.2) is 6.04 Å². The fourth-order valence-corrected chi connectivity index (χ4v) is 3.07. The molecule has 2 N–H and O–H groups in total. The summed E-state index contributed by atoms with van der Waals surface area (Å²) in [6.45, 7) is 6.30. The van der Waals surface area contributed by atoms with Crippen molar-refractivity contribution < 1.29 is 14.5 Å². The van der Waals surface area contributed by atoms with Gasteiger partial charge in [0.05, 0.1) is 41.9 Å². The molecule has 0 aliphatic carbocycles. The first-order valence-electron chi connectivity index (χ1n) is 7.25. The van der Waals surface area contributed by atoms with Gasteiger partial charge in [-0.25, -0.2) is 0 Å². The number of para-hydroxylation sites is 1. The number of carbonyl (C=O) groups is 2.